The van der Waals surface area contributed by atoms with Gasteiger partial charge in [-0.25, -0.2) is 4.39 Å². The molecule has 5 rings (SSSR count). The van der Waals surface area contributed by atoms with E-state index in [1.165, 1.54) is 12.1 Å². The normalized spacial score (nSPS) is 17.8. The van der Waals surface area contributed by atoms with E-state index in [9.17, 15) is 9.18 Å². The number of hydrogen-bond donors (Lipinski definition) is 0. The number of carbonyl (C=O) groups is 1. The molecule has 1 fully saturated rings. The van der Waals surface area contributed by atoms with E-state index in [0.717, 1.165) is 40.1 Å². The molecule has 1 unspecified atom stereocenters. The maximum absolute atomic E-state index is 13.1. The lowest BCUT2D eigenvalue weighted by Crippen LogP contribution is -2.28. The average Bonchev–Trinajstić information content (AvgIpc) is 3.09. The molecule has 0 saturated carbocycles. The van der Waals surface area contributed by atoms with Gasteiger partial charge in [-0.15, -0.1) is 0 Å². The molecule has 1 aromatic heterocycles. The van der Waals surface area contributed by atoms with Crippen LogP contribution >= 0.6 is 0 Å². The van der Waals surface area contributed by atoms with Gasteiger partial charge in [-0.1, -0.05) is 18.2 Å². The third kappa shape index (κ3) is 2.93. The number of nitrogens with zero attached hydrogens (tertiary/aromatic N) is 2. The zero-order valence-corrected chi connectivity index (χ0v) is 15.3. The van der Waals surface area contributed by atoms with Crippen LogP contribution in [0.3, 0.4) is 0 Å². The van der Waals surface area contributed by atoms with Gasteiger partial charge < -0.3 is 9.64 Å². The van der Waals surface area contributed by atoms with Crippen LogP contribution in [0.1, 0.15) is 17.5 Å². The van der Waals surface area contributed by atoms with Gasteiger partial charge in [0.15, 0.2) is 0 Å². The van der Waals surface area contributed by atoms with Gasteiger partial charge in [0, 0.05) is 29.9 Å². The number of ether oxygens (including phenoxy) is 1. The Morgan fingerprint density at radius 3 is 2.82 bits per heavy atom. The summed E-state index contributed by atoms with van der Waals surface area (Å²) >= 11 is 0. The Hall–Kier alpha value is -3.21. The van der Waals surface area contributed by atoms with Gasteiger partial charge in [0.05, 0.1) is 6.20 Å². The molecule has 2 aliphatic rings. The minimum absolute atomic E-state index is 0.0652. The molecule has 1 atom stereocenters. The highest BCUT2D eigenvalue weighted by Gasteiger charge is 2.33. The number of fused-ring (bicyclic) bond motifs is 3. The van der Waals surface area contributed by atoms with Crippen molar-refractivity contribution < 1.29 is 13.9 Å². The predicted octanol–water partition coefficient (Wildman–Crippen LogP) is 4.38. The van der Waals surface area contributed by atoms with Crippen LogP contribution in [0.2, 0.25) is 0 Å². The van der Waals surface area contributed by atoms with E-state index in [4.69, 9.17) is 4.74 Å². The van der Waals surface area contributed by atoms with Crippen LogP contribution in [-0.4, -0.2) is 17.4 Å². The molecular formula is C23H19FN2O2. The number of anilines is 1. The van der Waals surface area contributed by atoms with Gasteiger partial charge in [-0.2, -0.15) is 0 Å². The van der Waals surface area contributed by atoms with Gasteiger partial charge in [-0.05, 0) is 59.9 Å². The van der Waals surface area contributed by atoms with Crippen LogP contribution in [0.4, 0.5) is 10.1 Å². The van der Waals surface area contributed by atoms with Crippen LogP contribution in [0.25, 0.3) is 11.1 Å². The van der Waals surface area contributed by atoms with Crippen LogP contribution in [0.5, 0.6) is 5.75 Å². The largest absolute Gasteiger partial charge is 0.487 e. The molecule has 1 amide bonds. The summed E-state index contributed by atoms with van der Waals surface area (Å²) in [7, 11) is 0. The zero-order chi connectivity index (χ0) is 19.1. The van der Waals surface area contributed by atoms with Crippen molar-refractivity contribution in [2.45, 2.75) is 19.4 Å². The van der Waals surface area contributed by atoms with Crippen LogP contribution < -0.4 is 9.64 Å². The Balaban J connectivity index is 1.37. The maximum Gasteiger partial charge on any atom is 0.230 e. The van der Waals surface area contributed by atoms with Crippen molar-refractivity contribution in [1.82, 2.24) is 4.98 Å². The summed E-state index contributed by atoms with van der Waals surface area (Å²) in [6.07, 6.45) is 4.94. The van der Waals surface area contributed by atoms with E-state index >= 15 is 0 Å². The van der Waals surface area contributed by atoms with Crippen molar-refractivity contribution in [3.8, 4) is 16.9 Å². The van der Waals surface area contributed by atoms with Crippen molar-refractivity contribution >= 4 is 11.6 Å². The van der Waals surface area contributed by atoms with Gasteiger partial charge in [0.2, 0.25) is 5.91 Å². The fourth-order valence-corrected chi connectivity index (χ4v) is 4.09. The van der Waals surface area contributed by atoms with Crippen molar-refractivity contribution in [3.05, 3.63) is 77.9 Å². The average molecular weight is 374 g/mol. The summed E-state index contributed by atoms with van der Waals surface area (Å²) in [5, 5.41) is 0. The lowest BCUT2D eigenvalue weighted by Gasteiger charge is -2.23. The SMILES string of the molecule is O=C1C(Cc2ccc(F)cc2)CCN1c1ccc2c(c1)COc1cnccc1-2. The highest BCUT2D eigenvalue weighted by Crippen LogP contribution is 2.39. The van der Waals surface area contributed by atoms with E-state index in [1.807, 2.05) is 17.0 Å². The maximum atomic E-state index is 13.1. The smallest absolute Gasteiger partial charge is 0.230 e. The topological polar surface area (TPSA) is 42.4 Å². The van der Waals surface area contributed by atoms with E-state index in [1.54, 1.807) is 24.5 Å². The quantitative estimate of drug-likeness (QED) is 0.683. The number of benzene rings is 2. The molecule has 4 nitrogen and oxygen atoms in total. The molecule has 1 saturated heterocycles. The molecule has 5 heteroatoms. The minimum Gasteiger partial charge on any atom is -0.487 e. The molecule has 2 aromatic carbocycles. The Labute approximate surface area is 162 Å². The second-order valence-corrected chi connectivity index (χ2v) is 7.31. The second-order valence-electron chi connectivity index (χ2n) is 7.31. The Morgan fingerprint density at radius 1 is 1.11 bits per heavy atom. The molecule has 2 aliphatic heterocycles. The van der Waals surface area contributed by atoms with Gasteiger partial charge in [-0.3, -0.25) is 9.78 Å². The third-order valence-electron chi connectivity index (χ3n) is 5.57. The molecule has 0 N–H and O–H groups in total. The Bertz CT molecular complexity index is 1050. The molecule has 3 heterocycles. The van der Waals surface area contributed by atoms with Crippen molar-refractivity contribution in [1.29, 1.82) is 0 Å². The minimum atomic E-state index is -0.253. The monoisotopic (exact) mass is 374 g/mol. The van der Waals surface area contributed by atoms with Crippen molar-refractivity contribution in [2.75, 3.05) is 11.4 Å². The van der Waals surface area contributed by atoms with E-state index in [2.05, 4.69) is 17.1 Å². The van der Waals surface area contributed by atoms with Gasteiger partial charge >= 0.3 is 0 Å². The number of amides is 1. The molecule has 140 valence electrons. The van der Waals surface area contributed by atoms with E-state index in [0.29, 0.717) is 19.6 Å². The molecule has 0 aliphatic carbocycles. The summed E-state index contributed by atoms with van der Waals surface area (Å²) in [4.78, 5) is 18.9. The van der Waals surface area contributed by atoms with E-state index < -0.39 is 0 Å². The summed E-state index contributed by atoms with van der Waals surface area (Å²) in [5.41, 5.74) is 5.13. The fraction of sp³-hybridized carbons (Fsp3) is 0.217. The highest BCUT2D eigenvalue weighted by molar-refractivity contribution is 5.97. The van der Waals surface area contributed by atoms with Gasteiger partial charge in [0.25, 0.3) is 0 Å². The Morgan fingerprint density at radius 2 is 1.96 bits per heavy atom. The van der Waals surface area contributed by atoms with Crippen LogP contribution in [0, 0.1) is 11.7 Å². The van der Waals surface area contributed by atoms with Crippen LogP contribution in [-0.2, 0) is 17.8 Å². The van der Waals surface area contributed by atoms with Crippen LogP contribution in [0.15, 0.2) is 60.9 Å². The summed E-state index contributed by atoms with van der Waals surface area (Å²) in [5.74, 6) is 0.603. The number of carbonyl (C=O) groups excluding carboxylic acids is 1. The highest BCUT2D eigenvalue weighted by atomic mass is 19.1. The second kappa shape index (κ2) is 6.75. The molecule has 28 heavy (non-hydrogen) atoms. The first-order chi connectivity index (χ1) is 13.7. The number of hydrogen-bond acceptors (Lipinski definition) is 3. The first-order valence-corrected chi connectivity index (χ1v) is 9.45. The molecule has 0 bridgehead atoms. The fourth-order valence-electron chi connectivity index (χ4n) is 4.09. The molecule has 0 radical (unpaired) electrons. The first kappa shape index (κ1) is 16.9. The standard InChI is InChI=1S/C23H19FN2O2/c24-18-3-1-15(2-4-18)11-16-8-10-26(23(16)27)19-5-6-20-17(12-19)14-28-22-13-25-9-7-21(20)22/h1-7,9,12-13,16H,8,10-11,14H2. The molecular weight excluding hydrogens is 355 g/mol. The number of aromatic nitrogens is 1. The lowest BCUT2D eigenvalue weighted by atomic mass is 9.97. The summed E-state index contributed by atoms with van der Waals surface area (Å²) in [6.45, 7) is 1.17. The van der Waals surface area contributed by atoms with E-state index in [-0.39, 0.29) is 17.6 Å². The van der Waals surface area contributed by atoms with Crippen molar-refractivity contribution in [2.24, 2.45) is 5.92 Å². The first-order valence-electron chi connectivity index (χ1n) is 9.45. The third-order valence-corrected chi connectivity index (χ3v) is 5.57. The number of rotatable bonds is 3. The summed E-state index contributed by atoms with van der Waals surface area (Å²) in [6, 6.07) is 14.5. The van der Waals surface area contributed by atoms with Gasteiger partial charge in [0.1, 0.15) is 18.2 Å². The predicted molar refractivity (Wildman–Crippen MR) is 105 cm³/mol. The summed E-state index contributed by atoms with van der Waals surface area (Å²) < 4.78 is 18.9. The molecule has 3 aromatic rings. The molecule has 0 spiro atoms. The Kier molecular flexibility index (Phi) is 4.08. The zero-order valence-electron chi connectivity index (χ0n) is 15.3. The lowest BCUT2D eigenvalue weighted by molar-refractivity contribution is -0.120. The number of halogens is 1. The number of pyridine rings is 1. The van der Waals surface area contributed by atoms with Crippen molar-refractivity contribution in [3.63, 3.8) is 0 Å².